The van der Waals surface area contributed by atoms with E-state index in [1.54, 1.807) is 17.1 Å². The second-order valence-electron chi connectivity index (χ2n) is 5.67. The number of nitrogens with two attached hydrogens (primary N) is 1. The van der Waals surface area contributed by atoms with Gasteiger partial charge in [0.1, 0.15) is 0 Å². The lowest BCUT2D eigenvalue weighted by molar-refractivity contribution is 0.0933. The first kappa shape index (κ1) is 15.1. The highest BCUT2D eigenvalue weighted by atomic mass is 35.5. The number of amides is 1. The number of carbonyl (C=O) groups excluding carboxylic acids is 1. The quantitative estimate of drug-likeness (QED) is 0.856. The summed E-state index contributed by atoms with van der Waals surface area (Å²) >= 11 is 6.14. The highest BCUT2D eigenvalue weighted by Crippen LogP contribution is 2.32. The van der Waals surface area contributed by atoms with Gasteiger partial charge < -0.3 is 11.1 Å². The van der Waals surface area contributed by atoms with Gasteiger partial charge in [-0.05, 0) is 30.4 Å². The first-order chi connectivity index (χ1) is 10.7. The van der Waals surface area contributed by atoms with Gasteiger partial charge in [0.05, 0.1) is 18.3 Å². The molecule has 1 aromatic carbocycles. The second-order valence-corrected chi connectivity index (χ2v) is 6.08. The van der Waals surface area contributed by atoms with Crippen LogP contribution in [0.4, 0.5) is 0 Å². The Labute approximate surface area is 134 Å². The molecular formula is C16H19ClN4O. The molecule has 5 nitrogen and oxygen atoms in total. The summed E-state index contributed by atoms with van der Waals surface area (Å²) in [5.41, 5.74) is 7.23. The maximum Gasteiger partial charge on any atom is 0.254 e. The van der Waals surface area contributed by atoms with Crippen molar-refractivity contribution in [2.75, 3.05) is 6.54 Å². The third-order valence-electron chi connectivity index (χ3n) is 3.95. The number of halogens is 1. The number of hydrogen-bond acceptors (Lipinski definition) is 3. The highest BCUT2D eigenvalue weighted by Gasteiger charge is 2.31. The van der Waals surface area contributed by atoms with E-state index in [4.69, 9.17) is 17.3 Å². The molecular weight excluding hydrogens is 300 g/mol. The molecule has 2 aromatic rings. The minimum Gasteiger partial charge on any atom is -0.348 e. The number of benzene rings is 1. The number of nitrogens with one attached hydrogen (secondary N) is 1. The third kappa shape index (κ3) is 3.48. The molecule has 0 saturated heterocycles. The molecule has 0 radical (unpaired) electrons. The van der Waals surface area contributed by atoms with Crippen LogP contribution >= 0.6 is 11.6 Å². The van der Waals surface area contributed by atoms with Gasteiger partial charge in [-0.15, -0.1) is 0 Å². The van der Waals surface area contributed by atoms with Gasteiger partial charge in [-0.3, -0.25) is 9.48 Å². The SMILES string of the molecule is NCC(NC(=O)c1cnn(Cc2ccccc2Cl)c1)C1CC1. The molecule has 1 amide bonds. The Morgan fingerprint density at radius 2 is 2.23 bits per heavy atom. The molecule has 22 heavy (non-hydrogen) atoms. The third-order valence-corrected chi connectivity index (χ3v) is 4.32. The maximum absolute atomic E-state index is 12.2. The maximum atomic E-state index is 12.2. The molecule has 0 bridgehead atoms. The predicted molar refractivity (Wildman–Crippen MR) is 85.8 cm³/mol. The fourth-order valence-electron chi connectivity index (χ4n) is 2.49. The van der Waals surface area contributed by atoms with E-state index in [-0.39, 0.29) is 11.9 Å². The predicted octanol–water partition coefficient (Wildman–Crippen LogP) is 2.05. The molecule has 0 spiro atoms. The Morgan fingerprint density at radius 1 is 1.45 bits per heavy atom. The summed E-state index contributed by atoms with van der Waals surface area (Å²) in [6.45, 7) is 1.01. The van der Waals surface area contributed by atoms with Crippen molar-refractivity contribution in [2.24, 2.45) is 11.7 Å². The second kappa shape index (κ2) is 6.50. The molecule has 0 aliphatic heterocycles. The first-order valence-electron chi connectivity index (χ1n) is 7.44. The smallest absolute Gasteiger partial charge is 0.254 e. The van der Waals surface area contributed by atoms with E-state index < -0.39 is 0 Å². The number of rotatable bonds is 6. The van der Waals surface area contributed by atoms with Crippen molar-refractivity contribution in [1.82, 2.24) is 15.1 Å². The summed E-state index contributed by atoms with van der Waals surface area (Å²) in [6, 6.07) is 7.68. The number of aromatic nitrogens is 2. The summed E-state index contributed by atoms with van der Waals surface area (Å²) in [7, 11) is 0. The van der Waals surface area contributed by atoms with Gasteiger partial charge in [0.25, 0.3) is 5.91 Å². The van der Waals surface area contributed by atoms with Crippen LogP contribution in [0.3, 0.4) is 0 Å². The van der Waals surface area contributed by atoms with Crippen molar-refractivity contribution in [3.63, 3.8) is 0 Å². The van der Waals surface area contributed by atoms with Gasteiger partial charge in [0, 0.05) is 23.8 Å². The molecule has 1 saturated carbocycles. The van der Waals surface area contributed by atoms with Crippen LogP contribution in [0, 0.1) is 5.92 Å². The monoisotopic (exact) mass is 318 g/mol. The van der Waals surface area contributed by atoms with E-state index >= 15 is 0 Å². The zero-order valence-electron chi connectivity index (χ0n) is 12.2. The molecule has 1 heterocycles. The normalized spacial score (nSPS) is 15.5. The lowest BCUT2D eigenvalue weighted by Gasteiger charge is -2.15. The summed E-state index contributed by atoms with van der Waals surface area (Å²) in [6.07, 6.45) is 5.60. The van der Waals surface area contributed by atoms with Crippen molar-refractivity contribution in [1.29, 1.82) is 0 Å². The fraction of sp³-hybridized carbons (Fsp3) is 0.375. The average molecular weight is 319 g/mol. The Hall–Kier alpha value is -1.85. The molecule has 116 valence electrons. The minimum atomic E-state index is -0.118. The molecule has 1 atom stereocenters. The van der Waals surface area contributed by atoms with Crippen LogP contribution in [0.1, 0.15) is 28.8 Å². The summed E-state index contributed by atoms with van der Waals surface area (Å²) in [5, 5.41) is 7.92. The van der Waals surface area contributed by atoms with Crippen LogP contribution in [0.25, 0.3) is 0 Å². The van der Waals surface area contributed by atoms with Crippen LogP contribution in [0.5, 0.6) is 0 Å². The van der Waals surface area contributed by atoms with Crippen LogP contribution in [0.2, 0.25) is 5.02 Å². The van der Waals surface area contributed by atoms with Crippen LogP contribution < -0.4 is 11.1 Å². The Balaban J connectivity index is 1.65. The number of nitrogens with zero attached hydrogens (tertiary/aromatic N) is 2. The molecule has 1 fully saturated rings. The number of hydrogen-bond donors (Lipinski definition) is 2. The summed E-state index contributed by atoms with van der Waals surface area (Å²) < 4.78 is 1.71. The molecule has 3 rings (SSSR count). The molecule has 3 N–H and O–H groups in total. The Morgan fingerprint density at radius 3 is 2.91 bits per heavy atom. The van der Waals surface area contributed by atoms with Crippen LogP contribution in [-0.2, 0) is 6.54 Å². The summed E-state index contributed by atoms with van der Waals surface area (Å²) in [5.74, 6) is 0.417. The summed E-state index contributed by atoms with van der Waals surface area (Å²) in [4.78, 5) is 12.2. The average Bonchev–Trinajstić information content (AvgIpc) is 3.26. The van der Waals surface area contributed by atoms with Crippen molar-refractivity contribution >= 4 is 17.5 Å². The minimum absolute atomic E-state index is 0.0689. The molecule has 1 unspecified atom stereocenters. The Kier molecular flexibility index (Phi) is 4.45. The highest BCUT2D eigenvalue weighted by molar-refractivity contribution is 6.31. The lowest BCUT2D eigenvalue weighted by Crippen LogP contribution is -2.41. The molecule has 6 heteroatoms. The van der Waals surface area contributed by atoms with Gasteiger partial charge in [-0.1, -0.05) is 29.8 Å². The molecule has 1 aliphatic carbocycles. The van der Waals surface area contributed by atoms with Crippen molar-refractivity contribution < 1.29 is 4.79 Å². The number of carbonyl (C=O) groups is 1. The van der Waals surface area contributed by atoms with Crippen molar-refractivity contribution in [3.05, 3.63) is 52.8 Å². The van der Waals surface area contributed by atoms with Gasteiger partial charge in [-0.2, -0.15) is 5.10 Å². The van der Waals surface area contributed by atoms with Crippen molar-refractivity contribution in [2.45, 2.75) is 25.4 Å². The fourth-order valence-corrected chi connectivity index (χ4v) is 2.68. The van der Waals surface area contributed by atoms with Gasteiger partial charge in [0.2, 0.25) is 0 Å². The molecule has 1 aromatic heterocycles. The standard InChI is InChI=1S/C16H19ClN4O/c17-14-4-2-1-3-12(14)9-21-10-13(8-19-21)16(22)20-15(7-18)11-5-6-11/h1-4,8,10-11,15H,5-7,9,18H2,(H,20,22). The van der Waals surface area contributed by atoms with Gasteiger partial charge in [0.15, 0.2) is 0 Å². The van der Waals surface area contributed by atoms with Crippen LogP contribution in [-0.4, -0.2) is 28.3 Å². The van der Waals surface area contributed by atoms with E-state index in [9.17, 15) is 4.79 Å². The van der Waals surface area contributed by atoms with E-state index in [0.717, 1.165) is 18.4 Å². The van der Waals surface area contributed by atoms with E-state index in [1.165, 1.54) is 0 Å². The van der Waals surface area contributed by atoms with Crippen molar-refractivity contribution in [3.8, 4) is 0 Å². The topological polar surface area (TPSA) is 72.9 Å². The van der Waals surface area contributed by atoms with E-state index in [2.05, 4.69) is 10.4 Å². The largest absolute Gasteiger partial charge is 0.348 e. The van der Waals surface area contributed by atoms with Gasteiger partial charge in [-0.25, -0.2) is 0 Å². The van der Waals surface area contributed by atoms with E-state index in [0.29, 0.717) is 29.6 Å². The van der Waals surface area contributed by atoms with Crippen LogP contribution in [0.15, 0.2) is 36.7 Å². The van der Waals surface area contributed by atoms with Gasteiger partial charge >= 0.3 is 0 Å². The lowest BCUT2D eigenvalue weighted by atomic mass is 10.2. The Bertz CT molecular complexity index is 666. The zero-order chi connectivity index (χ0) is 15.5. The first-order valence-corrected chi connectivity index (χ1v) is 7.82. The zero-order valence-corrected chi connectivity index (χ0v) is 13.0. The van der Waals surface area contributed by atoms with E-state index in [1.807, 2.05) is 24.3 Å². The molecule has 1 aliphatic rings.